The van der Waals surface area contributed by atoms with Crippen molar-refractivity contribution in [3.63, 3.8) is 0 Å². The summed E-state index contributed by atoms with van der Waals surface area (Å²) in [6.07, 6.45) is 0. The Hall–Kier alpha value is -3.69. The average Bonchev–Trinajstić information content (AvgIpc) is 2.72. The van der Waals surface area contributed by atoms with Crippen molar-refractivity contribution < 1.29 is 19.4 Å². The average molecular weight is 386 g/mol. The minimum absolute atomic E-state index is 0.142. The predicted molar refractivity (Wildman–Crippen MR) is 101 cm³/mol. The molecule has 10 nitrogen and oxygen atoms in total. The molecule has 1 aliphatic heterocycles. The SMILES string of the molecule is COc1cccc(C(=O)N2CCN(c3ccc([N+](=O)[O-])cc3[N+](=O)[O-])CC2)c1. The fourth-order valence-electron chi connectivity index (χ4n) is 3.13. The largest absolute Gasteiger partial charge is 0.497 e. The van der Waals surface area contributed by atoms with Crippen LogP contribution in [0.2, 0.25) is 0 Å². The van der Waals surface area contributed by atoms with Crippen LogP contribution in [-0.2, 0) is 0 Å². The maximum atomic E-state index is 12.7. The highest BCUT2D eigenvalue weighted by atomic mass is 16.6. The topological polar surface area (TPSA) is 119 Å². The molecule has 28 heavy (non-hydrogen) atoms. The third kappa shape index (κ3) is 3.85. The summed E-state index contributed by atoms with van der Waals surface area (Å²) in [5.41, 5.74) is 0.169. The van der Waals surface area contributed by atoms with Gasteiger partial charge in [-0.2, -0.15) is 0 Å². The van der Waals surface area contributed by atoms with E-state index in [-0.39, 0.29) is 17.3 Å². The highest BCUT2D eigenvalue weighted by Gasteiger charge is 2.28. The van der Waals surface area contributed by atoms with Crippen LogP contribution in [0.1, 0.15) is 10.4 Å². The summed E-state index contributed by atoms with van der Waals surface area (Å²) in [4.78, 5) is 37.0. The molecule has 2 aromatic carbocycles. The number of ether oxygens (including phenoxy) is 1. The quantitative estimate of drug-likeness (QED) is 0.572. The highest BCUT2D eigenvalue weighted by molar-refractivity contribution is 5.94. The van der Waals surface area contributed by atoms with Crippen molar-refractivity contribution in [2.45, 2.75) is 0 Å². The van der Waals surface area contributed by atoms with Gasteiger partial charge in [-0.05, 0) is 24.3 Å². The van der Waals surface area contributed by atoms with Crippen LogP contribution < -0.4 is 9.64 Å². The van der Waals surface area contributed by atoms with Gasteiger partial charge in [-0.1, -0.05) is 6.07 Å². The van der Waals surface area contributed by atoms with Gasteiger partial charge in [-0.25, -0.2) is 0 Å². The molecule has 1 aliphatic rings. The molecular weight excluding hydrogens is 368 g/mol. The third-order valence-electron chi connectivity index (χ3n) is 4.59. The molecule has 146 valence electrons. The third-order valence-corrected chi connectivity index (χ3v) is 4.59. The molecule has 0 N–H and O–H groups in total. The van der Waals surface area contributed by atoms with E-state index < -0.39 is 9.85 Å². The van der Waals surface area contributed by atoms with Gasteiger partial charge in [-0.15, -0.1) is 0 Å². The minimum Gasteiger partial charge on any atom is -0.497 e. The first-order chi connectivity index (χ1) is 13.4. The lowest BCUT2D eigenvalue weighted by molar-refractivity contribution is -0.393. The monoisotopic (exact) mass is 386 g/mol. The van der Waals surface area contributed by atoms with E-state index in [1.54, 1.807) is 34.1 Å². The molecule has 1 saturated heterocycles. The van der Waals surface area contributed by atoms with Crippen LogP contribution in [0, 0.1) is 20.2 Å². The first kappa shape index (κ1) is 19.1. The normalized spacial score (nSPS) is 13.9. The number of anilines is 1. The summed E-state index contributed by atoms with van der Waals surface area (Å²) < 4.78 is 5.14. The molecule has 0 atom stereocenters. The lowest BCUT2D eigenvalue weighted by atomic mass is 10.1. The molecule has 0 spiro atoms. The maximum absolute atomic E-state index is 12.7. The number of rotatable bonds is 5. The second-order valence-corrected chi connectivity index (χ2v) is 6.20. The van der Waals surface area contributed by atoms with Gasteiger partial charge >= 0.3 is 0 Å². The number of nitro benzene ring substituents is 2. The molecule has 0 radical (unpaired) electrons. The second kappa shape index (κ2) is 7.91. The van der Waals surface area contributed by atoms with Crippen LogP contribution in [0.25, 0.3) is 0 Å². The number of non-ortho nitro benzene ring substituents is 1. The fraction of sp³-hybridized carbons (Fsp3) is 0.278. The predicted octanol–water partition coefficient (Wildman–Crippen LogP) is 2.47. The zero-order valence-electron chi connectivity index (χ0n) is 15.1. The lowest BCUT2D eigenvalue weighted by Crippen LogP contribution is -2.49. The van der Waals surface area contributed by atoms with Gasteiger partial charge < -0.3 is 14.5 Å². The van der Waals surface area contributed by atoms with Crippen molar-refractivity contribution in [1.29, 1.82) is 0 Å². The van der Waals surface area contributed by atoms with E-state index in [4.69, 9.17) is 4.74 Å². The molecule has 0 aromatic heterocycles. The number of benzene rings is 2. The number of carbonyl (C=O) groups is 1. The Balaban J connectivity index is 1.74. The first-order valence-electron chi connectivity index (χ1n) is 8.52. The van der Waals surface area contributed by atoms with Gasteiger partial charge in [-0.3, -0.25) is 25.0 Å². The molecular formula is C18H18N4O6. The number of methoxy groups -OCH3 is 1. The van der Waals surface area contributed by atoms with Crippen molar-refractivity contribution >= 4 is 23.0 Å². The fourth-order valence-corrected chi connectivity index (χ4v) is 3.13. The zero-order valence-corrected chi connectivity index (χ0v) is 15.1. The Labute approximate surface area is 160 Å². The number of amides is 1. The Bertz CT molecular complexity index is 924. The van der Waals surface area contributed by atoms with Crippen molar-refractivity contribution in [2.75, 3.05) is 38.2 Å². The second-order valence-electron chi connectivity index (χ2n) is 6.20. The molecule has 1 amide bonds. The molecule has 3 rings (SSSR count). The summed E-state index contributed by atoms with van der Waals surface area (Å²) in [7, 11) is 1.53. The zero-order chi connectivity index (χ0) is 20.3. The van der Waals surface area contributed by atoms with Crippen LogP contribution in [-0.4, -0.2) is 53.9 Å². The molecule has 0 saturated carbocycles. The Morgan fingerprint density at radius 2 is 1.71 bits per heavy atom. The summed E-state index contributed by atoms with van der Waals surface area (Å²) in [6.45, 7) is 1.52. The number of nitrogens with zero attached hydrogens (tertiary/aromatic N) is 4. The van der Waals surface area contributed by atoms with Crippen molar-refractivity contribution in [1.82, 2.24) is 4.90 Å². The van der Waals surface area contributed by atoms with E-state index in [2.05, 4.69) is 0 Å². The van der Waals surface area contributed by atoms with E-state index >= 15 is 0 Å². The maximum Gasteiger partial charge on any atom is 0.299 e. The van der Waals surface area contributed by atoms with Crippen molar-refractivity contribution in [3.05, 3.63) is 68.3 Å². The number of carbonyl (C=O) groups excluding carboxylic acids is 1. The molecule has 1 heterocycles. The Morgan fingerprint density at radius 3 is 2.32 bits per heavy atom. The van der Waals surface area contributed by atoms with E-state index in [1.165, 1.54) is 19.2 Å². The van der Waals surface area contributed by atoms with Crippen molar-refractivity contribution in [2.24, 2.45) is 0 Å². The van der Waals surface area contributed by atoms with Crippen LogP contribution in [0.15, 0.2) is 42.5 Å². The standard InChI is InChI=1S/C18H18N4O6/c1-28-15-4-2-3-13(11-15)18(23)20-9-7-19(8-10-20)16-6-5-14(21(24)25)12-17(16)22(26)27/h2-6,11-12H,7-10H2,1H3. The lowest BCUT2D eigenvalue weighted by Gasteiger charge is -2.35. The van der Waals surface area contributed by atoms with E-state index in [0.717, 1.165) is 6.07 Å². The Kier molecular flexibility index (Phi) is 5.39. The van der Waals surface area contributed by atoms with Gasteiger partial charge in [0.2, 0.25) is 0 Å². The van der Waals surface area contributed by atoms with Gasteiger partial charge in [0.15, 0.2) is 0 Å². The van der Waals surface area contributed by atoms with Crippen LogP contribution in [0.4, 0.5) is 17.1 Å². The van der Waals surface area contributed by atoms with E-state index in [9.17, 15) is 25.0 Å². The summed E-state index contributed by atoms with van der Waals surface area (Å²) in [5, 5.41) is 22.2. The summed E-state index contributed by atoms with van der Waals surface area (Å²) in [5.74, 6) is 0.447. The molecule has 10 heteroatoms. The van der Waals surface area contributed by atoms with Crippen LogP contribution >= 0.6 is 0 Å². The summed E-state index contributed by atoms with van der Waals surface area (Å²) in [6, 6.07) is 10.5. The molecule has 0 aliphatic carbocycles. The molecule has 0 bridgehead atoms. The number of nitro groups is 2. The minimum atomic E-state index is -0.665. The number of hydrogen-bond donors (Lipinski definition) is 0. The molecule has 0 unspecified atom stereocenters. The molecule has 1 fully saturated rings. The van der Waals surface area contributed by atoms with Crippen molar-refractivity contribution in [3.8, 4) is 5.75 Å². The Morgan fingerprint density at radius 1 is 1.00 bits per heavy atom. The number of hydrogen-bond acceptors (Lipinski definition) is 7. The summed E-state index contributed by atoms with van der Waals surface area (Å²) >= 11 is 0. The van der Waals surface area contributed by atoms with Gasteiger partial charge in [0.25, 0.3) is 17.3 Å². The van der Waals surface area contributed by atoms with E-state index in [0.29, 0.717) is 43.2 Å². The van der Waals surface area contributed by atoms with Gasteiger partial charge in [0.05, 0.1) is 23.0 Å². The van der Waals surface area contributed by atoms with Gasteiger partial charge in [0, 0.05) is 37.8 Å². The first-order valence-corrected chi connectivity index (χ1v) is 8.52. The highest BCUT2D eigenvalue weighted by Crippen LogP contribution is 2.32. The smallest absolute Gasteiger partial charge is 0.299 e. The molecule has 2 aromatic rings. The van der Waals surface area contributed by atoms with Crippen LogP contribution in [0.5, 0.6) is 5.75 Å². The van der Waals surface area contributed by atoms with Crippen LogP contribution in [0.3, 0.4) is 0 Å². The van der Waals surface area contributed by atoms with E-state index in [1.807, 2.05) is 0 Å². The number of piperazine rings is 1. The van der Waals surface area contributed by atoms with Gasteiger partial charge in [0.1, 0.15) is 11.4 Å².